The molecule has 108 valence electrons. The minimum atomic E-state index is -3.08. The first-order chi connectivity index (χ1) is 9.53. The molecule has 0 aliphatic rings. The number of carbonyl (C=O) groups is 1. The molecule has 1 rings (SSSR count). The lowest BCUT2D eigenvalue weighted by Gasteiger charge is -2.15. The molecule has 0 saturated carbocycles. The molecule has 0 unspecified atom stereocenters. The van der Waals surface area contributed by atoms with Crippen LogP contribution in [0.4, 0.5) is 8.78 Å². The molecule has 0 aromatic heterocycles. The molecule has 0 heterocycles. The quantitative estimate of drug-likeness (QED) is 0.585. The maximum atomic E-state index is 12.5. The SMILES string of the molecule is CCOC(=O)Cc1c(CBr)ccc(C#N)c1OC(F)F. The van der Waals surface area contributed by atoms with Crippen LogP contribution in [-0.2, 0) is 21.3 Å². The largest absolute Gasteiger partial charge is 0.466 e. The molecule has 0 aliphatic carbocycles. The Kier molecular flexibility index (Phi) is 6.39. The van der Waals surface area contributed by atoms with Gasteiger partial charge in [-0.1, -0.05) is 22.0 Å². The third-order valence-corrected chi connectivity index (χ3v) is 3.06. The van der Waals surface area contributed by atoms with E-state index in [1.165, 1.54) is 6.07 Å². The fourth-order valence-electron chi connectivity index (χ4n) is 1.66. The van der Waals surface area contributed by atoms with E-state index in [2.05, 4.69) is 20.7 Å². The van der Waals surface area contributed by atoms with E-state index in [0.717, 1.165) is 0 Å². The lowest BCUT2D eigenvalue weighted by Crippen LogP contribution is -2.13. The van der Waals surface area contributed by atoms with Crippen molar-refractivity contribution in [1.82, 2.24) is 0 Å². The van der Waals surface area contributed by atoms with Gasteiger partial charge in [0.1, 0.15) is 11.8 Å². The van der Waals surface area contributed by atoms with Gasteiger partial charge in [0.25, 0.3) is 0 Å². The van der Waals surface area contributed by atoms with E-state index in [0.29, 0.717) is 10.9 Å². The van der Waals surface area contributed by atoms with Gasteiger partial charge in [-0.15, -0.1) is 0 Å². The zero-order valence-electron chi connectivity index (χ0n) is 10.7. The van der Waals surface area contributed by atoms with Gasteiger partial charge in [0.15, 0.2) is 0 Å². The maximum Gasteiger partial charge on any atom is 0.387 e. The lowest BCUT2D eigenvalue weighted by atomic mass is 10.0. The Morgan fingerprint density at radius 3 is 2.70 bits per heavy atom. The fourth-order valence-corrected chi connectivity index (χ4v) is 2.18. The van der Waals surface area contributed by atoms with E-state index < -0.39 is 12.6 Å². The van der Waals surface area contributed by atoms with Crippen molar-refractivity contribution in [2.75, 3.05) is 6.61 Å². The van der Waals surface area contributed by atoms with Crippen molar-refractivity contribution in [3.8, 4) is 11.8 Å². The van der Waals surface area contributed by atoms with Crippen LogP contribution in [0.5, 0.6) is 5.75 Å². The van der Waals surface area contributed by atoms with Crippen LogP contribution in [0.25, 0.3) is 0 Å². The zero-order chi connectivity index (χ0) is 15.1. The summed E-state index contributed by atoms with van der Waals surface area (Å²) in [5.74, 6) is -0.837. The number of ether oxygens (including phenoxy) is 2. The summed E-state index contributed by atoms with van der Waals surface area (Å²) in [6, 6.07) is 4.73. The molecule has 0 atom stereocenters. The van der Waals surface area contributed by atoms with Crippen molar-refractivity contribution >= 4 is 21.9 Å². The summed E-state index contributed by atoms with van der Waals surface area (Å²) < 4.78 is 34.2. The summed E-state index contributed by atoms with van der Waals surface area (Å²) in [5, 5.41) is 9.29. The smallest absolute Gasteiger partial charge is 0.387 e. The molecule has 0 saturated heterocycles. The topological polar surface area (TPSA) is 59.3 Å². The number of alkyl halides is 3. The fraction of sp³-hybridized carbons (Fsp3) is 0.385. The number of carbonyl (C=O) groups excluding carboxylic acids is 1. The van der Waals surface area contributed by atoms with Crippen LogP contribution in [0, 0.1) is 11.3 Å². The summed E-state index contributed by atoms with van der Waals surface area (Å²) in [6.45, 7) is -1.24. The first-order valence-corrected chi connectivity index (χ1v) is 6.86. The molecule has 7 heteroatoms. The Morgan fingerprint density at radius 2 is 2.20 bits per heavy atom. The molecule has 20 heavy (non-hydrogen) atoms. The van der Waals surface area contributed by atoms with Crippen molar-refractivity contribution in [2.45, 2.75) is 25.3 Å². The number of nitrogens with zero attached hydrogens (tertiary/aromatic N) is 1. The second kappa shape index (κ2) is 7.80. The average molecular weight is 348 g/mol. The minimum absolute atomic E-state index is 0.0469. The molecule has 0 spiro atoms. The van der Waals surface area contributed by atoms with E-state index in [1.807, 2.05) is 0 Å². The Morgan fingerprint density at radius 1 is 1.50 bits per heavy atom. The van der Waals surface area contributed by atoms with Gasteiger partial charge >= 0.3 is 12.6 Å². The molecule has 0 fully saturated rings. The second-order valence-electron chi connectivity index (χ2n) is 3.69. The predicted molar refractivity (Wildman–Crippen MR) is 70.8 cm³/mol. The van der Waals surface area contributed by atoms with Gasteiger partial charge < -0.3 is 9.47 Å². The van der Waals surface area contributed by atoms with Crippen LogP contribution in [0.1, 0.15) is 23.6 Å². The standard InChI is InChI=1S/C13H12BrF2NO3/c1-2-19-11(18)5-10-8(6-14)3-4-9(7-17)12(10)20-13(15)16/h3-4,13H,2,5-6H2,1H3. The summed E-state index contributed by atoms with van der Waals surface area (Å²) in [5.41, 5.74) is 0.779. The lowest BCUT2D eigenvalue weighted by molar-refractivity contribution is -0.142. The normalized spacial score (nSPS) is 10.2. The van der Waals surface area contributed by atoms with Crippen LogP contribution in [0.2, 0.25) is 0 Å². The highest BCUT2D eigenvalue weighted by Crippen LogP contribution is 2.30. The van der Waals surface area contributed by atoms with Gasteiger partial charge in [0.2, 0.25) is 0 Å². The van der Waals surface area contributed by atoms with Crippen LogP contribution in [0.15, 0.2) is 12.1 Å². The number of hydrogen-bond donors (Lipinski definition) is 0. The van der Waals surface area contributed by atoms with Crippen molar-refractivity contribution < 1.29 is 23.0 Å². The highest BCUT2D eigenvalue weighted by Gasteiger charge is 2.20. The number of halogens is 3. The average Bonchev–Trinajstić information content (AvgIpc) is 2.40. The highest BCUT2D eigenvalue weighted by molar-refractivity contribution is 9.08. The van der Waals surface area contributed by atoms with E-state index >= 15 is 0 Å². The van der Waals surface area contributed by atoms with Gasteiger partial charge in [0.05, 0.1) is 18.6 Å². The molecule has 0 bridgehead atoms. The highest BCUT2D eigenvalue weighted by atomic mass is 79.9. The Bertz CT molecular complexity index is 529. The van der Waals surface area contributed by atoms with Gasteiger partial charge in [-0.25, -0.2) is 0 Å². The first kappa shape index (κ1) is 16.4. The summed E-state index contributed by atoms with van der Waals surface area (Å²) in [6.07, 6.45) is -0.230. The van der Waals surface area contributed by atoms with Crippen molar-refractivity contribution in [2.24, 2.45) is 0 Å². The number of hydrogen-bond acceptors (Lipinski definition) is 4. The van der Waals surface area contributed by atoms with Gasteiger partial charge in [-0.05, 0) is 18.6 Å². The van der Waals surface area contributed by atoms with Gasteiger partial charge in [-0.3, -0.25) is 4.79 Å². The number of rotatable bonds is 6. The molecule has 1 aromatic carbocycles. The third-order valence-electron chi connectivity index (χ3n) is 2.46. The molecular formula is C13H12BrF2NO3. The number of esters is 1. The number of nitriles is 1. The third kappa shape index (κ3) is 4.17. The second-order valence-corrected chi connectivity index (χ2v) is 4.25. The van der Waals surface area contributed by atoms with Crippen molar-refractivity contribution in [3.05, 3.63) is 28.8 Å². The Balaban J connectivity index is 3.27. The van der Waals surface area contributed by atoms with E-state index in [9.17, 15) is 13.6 Å². The van der Waals surface area contributed by atoms with Crippen LogP contribution in [-0.4, -0.2) is 19.2 Å². The molecule has 0 aliphatic heterocycles. The van der Waals surface area contributed by atoms with Gasteiger partial charge in [0, 0.05) is 10.9 Å². The summed E-state index contributed by atoms with van der Waals surface area (Å²) in [7, 11) is 0. The molecule has 1 aromatic rings. The van der Waals surface area contributed by atoms with Crippen LogP contribution < -0.4 is 4.74 Å². The Labute approximate surface area is 123 Å². The van der Waals surface area contributed by atoms with E-state index in [-0.39, 0.29) is 29.9 Å². The van der Waals surface area contributed by atoms with E-state index in [4.69, 9.17) is 10.00 Å². The monoisotopic (exact) mass is 347 g/mol. The zero-order valence-corrected chi connectivity index (χ0v) is 12.2. The van der Waals surface area contributed by atoms with Gasteiger partial charge in [-0.2, -0.15) is 14.0 Å². The predicted octanol–water partition coefficient (Wildman–Crippen LogP) is 3.16. The molecule has 0 N–H and O–H groups in total. The Hall–Kier alpha value is -1.68. The molecule has 0 radical (unpaired) electrons. The van der Waals surface area contributed by atoms with E-state index in [1.54, 1.807) is 19.1 Å². The molecular weight excluding hydrogens is 336 g/mol. The molecule has 4 nitrogen and oxygen atoms in total. The van der Waals surface area contributed by atoms with Crippen molar-refractivity contribution in [3.63, 3.8) is 0 Å². The minimum Gasteiger partial charge on any atom is -0.466 e. The molecule has 0 amide bonds. The summed E-state index contributed by atoms with van der Waals surface area (Å²) in [4.78, 5) is 11.6. The number of benzene rings is 1. The first-order valence-electron chi connectivity index (χ1n) is 5.74. The maximum absolute atomic E-state index is 12.5. The summed E-state index contributed by atoms with van der Waals surface area (Å²) >= 11 is 3.21. The van der Waals surface area contributed by atoms with Crippen molar-refractivity contribution in [1.29, 1.82) is 5.26 Å². The van der Waals surface area contributed by atoms with Crippen LogP contribution in [0.3, 0.4) is 0 Å². The van der Waals surface area contributed by atoms with Crippen LogP contribution >= 0.6 is 15.9 Å².